The molecule has 1 aliphatic carbocycles. The van der Waals surface area contributed by atoms with E-state index in [0.29, 0.717) is 17.0 Å². The number of hydrogen-bond donors (Lipinski definition) is 1. The van der Waals surface area contributed by atoms with Gasteiger partial charge in [-0.25, -0.2) is 0 Å². The van der Waals surface area contributed by atoms with Crippen LogP contribution in [0, 0.1) is 0 Å². The molecule has 1 N–H and O–H groups in total. The monoisotopic (exact) mass is 301 g/mol. The molecule has 0 saturated heterocycles. The molecule has 0 radical (unpaired) electrons. The van der Waals surface area contributed by atoms with Gasteiger partial charge >= 0.3 is 0 Å². The minimum absolute atomic E-state index is 0.0236. The lowest BCUT2D eigenvalue weighted by Gasteiger charge is -2.23. The van der Waals surface area contributed by atoms with Crippen LogP contribution in [-0.4, -0.2) is 23.6 Å². The predicted molar refractivity (Wildman–Crippen MR) is 83.5 cm³/mol. The summed E-state index contributed by atoms with van der Waals surface area (Å²) in [7, 11) is 0. The van der Waals surface area contributed by atoms with Crippen molar-refractivity contribution in [2.75, 3.05) is 5.32 Å². The van der Waals surface area contributed by atoms with Gasteiger partial charge in [0.1, 0.15) is 5.76 Å². The number of ketones is 2. The van der Waals surface area contributed by atoms with Crippen LogP contribution in [0.25, 0.3) is 5.76 Å². The highest BCUT2D eigenvalue weighted by molar-refractivity contribution is 6.51. The second kappa shape index (κ2) is 6.56. The molecule has 1 aromatic carbocycles. The van der Waals surface area contributed by atoms with Crippen molar-refractivity contribution in [3.8, 4) is 0 Å². The van der Waals surface area contributed by atoms with Crippen molar-refractivity contribution >= 4 is 28.9 Å². The molecular weight excluding hydrogens is 282 g/mol. The molecule has 2 rings (SSSR count). The van der Waals surface area contributed by atoms with E-state index in [1.54, 1.807) is 18.2 Å². The summed E-state index contributed by atoms with van der Waals surface area (Å²) in [4.78, 5) is 35.4. The second-order valence-corrected chi connectivity index (χ2v) is 5.17. The summed E-state index contributed by atoms with van der Waals surface area (Å²) in [5.41, 5.74) is 1.08. The molecule has 0 atom stereocenters. The van der Waals surface area contributed by atoms with Crippen molar-refractivity contribution < 1.29 is 19.1 Å². The Kier molecular flexibility index (Phi) is 4.75. The number of allylic oxidation sites excluding steroid dienone is 1. The van der Waals surface area contributed by atoms with Gasteiger partial charge in [0, 0.05) is 18.6 Å². The van der Waals surface area contributed by atoms with Crippen molar-refractivity contribution in [3.05, 3.63) is 35.4 Å². The average Bonchev–Trinajstić information content (AvgIpc) is 2.48. The molecule has 22 heavy (non-hydrogen) atoms. The fourth-order valence-corrected chi connectivity index (χ4v) is 2.41. The van der Waals surface area contributed by atoms with E-state index in [4.69, 9.17) is 4.74 Å². The van der Waals surface area contributed by atoms with Crippen molar-refractivity contribution in [3.63, 3.8) is 0 Å². The molecule has 1 amide bonds. The van der Waals surface area contributed by atoms with Crippen LogP contribution in [-0.2, 0) is 14.3 Å². The van der Waals surface area contributed by atoms with E-state index in [0.717, 1.165) is 12.8 Å². The zero-order valence-corrected chi connectivity index (χ0v) is 12.9. The standard InChI is InChI=1S/C17H19NO4/c1-4-11(5-2)22-15-9-14(20)17(21)16-12(15)7-6-8-13(16)18-10(3)19/h6-9,11H,4-5H2,1-3H3,(H,18,19). The minimum Gasteiger partial charge on any atom is -0.490 e. The molecule has 0 aliphatic heterocycles. The largest absolute Gasteiger partial charge is 0.490 e. The predicted octanol–water partition coefficient (Wildman–Crippen LogP) is 2.96. The van der Waals surface area contributed by atoms with Crippen LogP contribution in [0.15, 0.2) is 24.3 Å². The van der Waals surface area contributed by atoms with Gasteiger partial charge in [-0.3, -0.25) is 14.4 Å². The van der Waals surface area contributed by atoms with Crippen molar-refractivity contribution in [1.82, 2.24) is 0 Å². The maximum atomic E-state index is 12.2. The molecule has 0 bridgehead atoms. The first-order valence-electron chi connectivity index (χ1n) is 7.35. The molecule has 0 unspecified atom stereocenters. The summed E-state index contributed by atoms with van der Waals surface area (Å²) < 4.78 is 5.87. The van der Waals surface area contributed by atoms with E-state index in [1.165, 1.54) is 13.0 Å². The normalized spacial score (nSPS) is 13.7. The number of anilines is 1. The number of nitrogens with one attached hydrogen (secondary N) is 1. The van der Waals surface area contributed by atoms with Gasteiger partial charge in [-0.1, -0.05) is 26.0 Å². The average molecular weight is 301 g/mol. The SMILES string of the molecule is CCC(CC)OC1=CC(=O)C(=O)c2c(NC(C)=O)cccc21. The quantitative estimate of drug-likeness (QED) is 0.849. The van der Waals surface area contributed by atoms with Crippen molar-refractivity contribution in [2.24, 2.45) is 0 Å². The summed E-state index contributed by atoms with van der Waals surface area (Å²) in [6.45, 7) is 5.35. The zero-order chi connectivity index (χ0) is 16.3. The fourth-order valence-electron chi connectivity index (χ4n) is 2.41. The van der Waals surface area contributed by atoms with Crippen LogP contribution < -0.4 is 5.32 Å². The Morgan fingerprint density at radius 3 is 2.50 bits per heavy atom. The van der Waals surface area contributed by atoms with Crippen LogP contribution in [0.5, 0.6) is 0 Å². The third kappa shape index (κ3) is 3.08. The highest BCUT2D eigenvalue weighted by Crippen LogP contribution is 2.32. The number of fused-ring (bicyclic) bond motifs is 1. The lowest BCUT2D eigenvalue weighted by atomic mass is 9.92. The van der Waals surface area contributed by atoms with Crippen molar-refractivity contribution in [1.29, 1.82) is 0 Å². The first-order valence-corrected chi connectivity index (χ1v) is 7.35. The van der Waals surface area contributed by atoms with E-state index in [9.17, 15) is 14.4 Å². The van der Waals surface area contributed by atoms with Gasteiger partial charge < -0.3 is 10.1 Å². The number of rotatable bonds is 5. The van der Waals surface area contributed by atoms with Gasteiger partial charge in [-0.15, -0.1) is 0 Å². The van der Waals surface area contributed by atoms with Gasteiger partial charge in [-0.2, -0.15) is 0 Å². The highest BCUT2D eigenvalue weighted by Gasteiger charge is 2.30. The number of hydrogen-bond acceptors (Lipinski definition) is 4. The minimum atomic E-state index is -0.633. The van der Waals surface area contributed by atoms with E-state index >= 15 is 0 Å². The first-order chi connectivity index (χ1) is 10.5. The third-order valence-electron chi connectivity index (χ3n) is 3.56. The molecule has 1 aromatic rings. The van der Waals surface area contributed by atoms with Gasteiger partial charge in [0.15, 0.2) is 0 Å². The Morgan fingerprint density at radius 2 is 1.91 bits per heavy atom. The molecular formula is C17H19NO4. The first kappa shape index (κ1) is 15.9. The molecule has 116 valence electrons. The lowest BCUT2D eigenvalue weighted by molar-refractivity contribution is -0.114. The Labute approximate surface area is 129 Å². The van der Waals surface area contributed by atoms with Gasteiger partial charge in [0.05, 0.1) is 17.4 Å². The van der Waals surface area contributed by atoms with Crippen LogP contribution >= 0.6 is 0 Å². The Hall–Kier alpha value is -2.43. The topological polar surface area (TPSA) is 72.5 Å². The number of ether oxygens (including phenoxy) is 1. The Balaban J connectivity index is 2.50. The number of benzene rings is 1. The number of amides is 1. The molecule has 0 heterocycles. The fraction of sp³-hybridized carbons (Fsp3) is 0.353. The van der Waals surface area contributed by atoms with E-state index in [-0.39, 0.29) is 17.6 Å². The highest BCUT2D eigenvalue weighted by atomic mass is 16.5. The molecule has 0 fully saturated rings. The van der Waals surface area contributed by atoms with Crippen LogP contribution in [0.4, 0.5) is 5.69 Å². The van der Waals surface area contributed by atoms with E-state index < -0.39 is 11.6 Å². The van der Waals surface area contributed by atoms with Gasteiger partial charge in [0.2, 0.25) is 17.5 Å². The summed E-state index contributed by atoms with van der Waals surface area (Å²) >= 11 is 0. The smallest absolute Gasteiger partial charge is 0.235 e. The number of carbonyl (C=O) groups is 3. The van der Waals surface area contributed by atoms with E-state index in [1.807, 2.05) is 13.8 Å². The lowest BCUT2D eigenvalue weighted by Crippen LogP contribution is -2.23. The van der Waals surface area contributed by atoms with Crippen LogP contribution in [0.3, 0.4) is 0 Å². The summed E-state index contributed by atoms with van der Waals surface area (Å²) in [6, 6.07) is 5.04. The molecule has 1 aliphatic rings. The number of Topliss-reactive ketones (excluding diaryl/α,β-unsaturated/α-hetero) is 1. The molecule has 5 nitrogen and oxygen atoms in total. The third-order valence-corrected chi connectivity index (χ3v) is 3.56. The van der Waals surface area contributed by atoms with E-state index in [2.05, 4.69) is 5.32 Å². The maximum absolute atomic E-state index is 12.2. The molecule has 0 spiro atoms. The second-order valence-electron chi connectivity index (χ2n) is 5.17. The molecule has 0 aromatic heterocycles. The zero-order valence-electron chi connectivity index (χ0n) is 12.9. The molecule has 5 heteroatoms. The van der Waals surface area contributed by atoms with Crippen molar-refractivity contribution in [2.45, 2.75) is 39.7 Å². The van der Waals surface area contributed by atoms with Gasteiger partial charge in [-0.05, 0) is 18.9 Å². The Bertz CT molecular complexity index is 657. The summed E-state index contributed by atoms with van der Waals surface area (Å²) in [5.74, 6) is -1.17. The maximum Gasteiger partial charge on any atom is 0.235 e. The molecule has 0 saturated carbocycles. The van der Waals surface area contributed by atoms with Gasteiger partial charge in [0.25, 0.3) is 0 Å². The van der Waals surface area contributed by atoms with Crippen LogP contribution in [0.1, 0.15) is 49.5 Å². The summed E-state index contributed by atoms with van der Waals surface area (Å²) in [6.07, 6.45) is 2.82. The number of carbonyl (C=O) groups excluding carboxylic acids is 3. The van der Waals surface area contributed by atoms with Crippen LogP contribution in [0.2, 0.25) is 0 Å². The Morgan fingerprint density at radius 1 is 1.23 bits per heavy atom. The summed E-state index contributed by atoms with van der Waals surface area (Å²) in [5, 5.41) is 2.59.